The summed E-state index contributed by atoms with van der Waals surface area (Å²) in [5, 5.41) is 3.16. The number of hydrogen-bond donors (Lipinski definition) is 1. The minimum absolute atomic E-state index is 0.170. The zero-order valence-electron chi connectivity index (χ0n) is 19.9. The molecule has 2 amide bonds. The zero-order chi connectivity index (χ0) is 24.0. The summed E-state index contributed by atoms with van der Waals surface area (Å²) in [5.41, 5.74) is 0.682. The van der Waals surface area contributed by atoms with Gasteiger partial charge in [0.15, 0.2) is 5.54 Å². The maximum absolute atomic E-state index is 14.3. The molecule has 3 aromatic rings. The minimum Gasteiger partial charge on any atom is -0.493 e. The lowest BCUT2D eigenvalue weighted by atomic mass is 9.81. The van der Waals surface area contributed by atoms with Gasteiger partial charge in [0.2, 0.25) is 0 Å². The quantitative estimate of drug-likeness (QED) is 0.528. The molecule has 176 valence electrons. The summed E-state index contributed by atoms with van der Waals surface area (Å²) in [6.07, 6.45) is 1.90. The molecule has 1 unspecified atom stereocenters. The number of fused-ring (bicyclic) bond motifs is 1. The second-order valence-corrected chi connectivity index (χ2v) is 9.09. The predicted molar refractivity (Wildman–Crippen MR) is 135 cm³/mol. The number of anilines is 1. The molecule has 3 aromatic carbocycles. The molecular weight excluding hydrogens is 424 g/mol. The highest BCUT2D eigenvalue weighted by Gasteiger charge is 2.49. The SMILES string of the molecule is CC(C)CCNC(=O)C1(c2ccccc2)CCCOc2ccccc2C(=O)N1c1ccccc1. The fraction of sp³-hybridized carbons (Fsp3) is 0.310. The lowest BCUT2D eigenvalue weighted by Gasteiger charge is -2.43. The third kappa shape index (κ3) is 4.69. The molecule has 0 radical (unpaired) electrons. The van der Waals surface area contributed by atoms with Crippen molar-refractivity contribution in [2.24, 2.45) is 5.92 Å². The standard InChI is InChI=1S/C29H32N2O3/c1-22(2)18-20-30-28(33)29(23-12-5-3-6-13-23)19-11-21-34-26-17-10-9-16-25(26)27(32)31(29)24-14-7-4-8-15-24/h3-10,12-17,22H,11,18-21H2,1-2H3,(H,30,33). The Kier molecular flexibility index (Phi) is 7.31. The molecule has 0 bridgehead atoms. The summed E-state index contributed by atoms with van der Waals surface area (Å²) in [5.74, 6) is 0.570. The Bertz CT molecular complexity index is 1110. The third-order valence-corrected chi connectivity index (χ3v) is 6.29. The molecule has 1 N–H and O–H groups in total. The van der Waals surface area contributed by atoms with Crippen LogP contribution in [-0.4, -0.2) is 25.0 Å². The Morgan fingerprint density at radius 1 is 0.971 bits per heavy atom. The van der Waals surface area contributed by atoms with E-state index >= 15 is 0 Å². The summed E-state index contributed by atoms with van der Waals surface area (Å²) < 4.78 is 6.01. The van der Waals surface area contributed by atoms with Crippen LogP contribution in [-0.2, 0) is 10.3 Å². The topological polar surface area (TPSA) is 58.6 Å². The normalized spacial score (nSPS) is 18.3. The van der Waals surface area contributed by atoms with Crippen molar-refractivity contribution in [2.75, 3.05) is 18.1 Å². The van der Waals surface area contributed by atoms with Crippen molar-refractivity contribution in [3.05, 3.63) is 96.1 Å². The van der Waals surface area contributed by atoms with E-state index in [2.05, 4.69) is 19.2 Å². The molecule has 0 aliphatic carbocycles. The van der Waals surface area contributed by atoms with Crippen molar-refractivity contribution in [1.82, 2.24) is 5.32 Å². The average Bonchev–Trinajstić information content (AvgIpc) is 2.92. The largest absolute Gasteiger partial charge is 0.493 e. The van der Waals surface area contributed by atoms with Crippen molar-refractivity contribution in [1.29, 1.82) is 0 Å². The van der Waals surface area contributed by atoms with Crippen LogP contribution in [0.15, 0.2) is 84.9 Å². The molecule has 34 heavy (non-hydrogen) atoms. The van der Waals surface area contributed by atoms with Crippen LogP contribution in [0.5, 0.6) is 5.75 Å². The number of carbonyl (C=O) groups excluding carboxylic acids is 2. The van der Waals surface area contributed by atoms with E-state index in [1.54, 1.807) is 11.0 Å². The summed E-state index contributed by atoms with van der Waals surface area (Å²) in [7, 11) is 0. The molecule has 5 heteroatoms. The number of hydrogen-bond acceptors (Lipinski definition) is 3. The second-order valence-electron chi connectivity index (χ2n) is 9.09. The molecule has 0 saturated carbocycles. The lowest BCUT2D eigenvalue weighted by Crippen LogP contribution is -2.59. The van der Waals surface area contributed by atoms with Gasteiger partial charge in [0.1, 0.15) is 5.75 Å². The first kappa shape index (κ1) is 23.6. The Labute approximate surface area is 201 Å². The van der Waals surface area contributed by atoms with Crippen LogP contribution in [0.25, 0.3) is 0 Å². The van der Waals surface area contributed by atoms with Crippen molar-refractivity contribution in [3.63, 3.8) is 0 Å². The predicted octanol–water partition coefficient (Wildman–Crippen LogP) is 5.56. The third-order valence-electron chi connectivity index (χ3n) is 6.29. The monoisotopic (exact) mass is 456 g/mol. The summed E-state index contributed by atoms with van der Waals surface area (Å²) in [6, 6.07) is 26.4. The van der Waals surface area contributed by atoms with E-state index in [9.17, 15) is 9.59 Å². The van der Waals surface area contributed by atoms with Crippen LogP contribution >= 0.6 is 0 Å². The molecule has 0 fully saturated rings. The molecule has 0 saturated heterocycles. The molecule has 0 aromatic heterocycles. The molecule has 1 heterocycles. The van der Waals surface area contributed by atoms with Gasteiger partial charge in [0.25, 0.3) is 11.8 Å². The fourth-order valence-corrected chi connectivity index (χ4v) is 4.55. The Hall–Kier alpha value is -3.60. The van der Waals surface area contributed by atoms with Crippen LogP contribution in [0.2, 0.25) is 0 Å². The first-order chi connectivity index (χ1) is 16.5. The average molecular weight is 457 g/mol. The maximum Gasteiger partial charge on any atom is 0.263 e. The number of rotatable bonds is 6. The van der Waals surface area contributed by atoms with Gasteiger partial charge < -0.3 is 10.1 Å². The minimum atomic E-state index is -1.22. The van der Waals surface area contributed by atoms with Crippen molar-refractivity contribution < 1.29 is 14.3 Å². The summed E-state index contributed by atoms with van der Waals surface area (Å²) >= 11 is 0. The van der Waals surface area contributed by atoms with Crippen molar-refractivity contribution in [2.45, 2.75) is 38.6 Å². The van der Waals surface area contributed by atoms with E-state index in [0.29, 0.717) is 48.9 Å². The lowest BCUT2D eigenvalue weighted by molar-refractivity contribution is -0.127. The highest BCUT2D eigenvalue weighted by atomic mass is 16.5. The van der Waals surface area contributed by atoms with Gasteiger partial charge in [-0.05, 0) is 55.0 Å². The first-order valence-corrected chi connectivity index (χ1v) is 12.0. The maximum atomic E-state index is 14.3. The van der Waals surface area contributed by atoms with Crippen LogP contribution in [0, 0.1) is 5.92 Å². The smallest absolute Gasteiger partial charge is 0.263 e. The van der Waals surface area contributed by atoms with E-state index in [-0.39, 0.29) is 11.8 Å². The van der Waals surface area contributed by atoms with Gasteiger partial charge in [0, 0.05) is 12.2 Å². The van der Waals surface area contributed by atoms with Gasteiger partial charge >= 0.3 is 0 Å². The molecule has 1 aliphatic heterocycles. The first-order valence-electron chi connectivity index (χ1n) is 12.0. The van der Waals surface area contributed by atoms with E-state index in [1.165, 1.54) is 0 Å². The van der Waals surface area contributed by atoms with Crippen LogP contribution in [0.4, 0.5) is 5.69 Å². The van der Waals surface area contributed by atoms with Crippen molar-refractivity contribution in [3.8, 4) is 5.75 Å². The Morgan fingerprint density at radius 2 is 1.62 bits per heavy atom. The molecule has 5 nitrogen and oxygen atoms in total. The zero-order valence-corrected chi connectivity index (χ0v) is 19.9. The van der Waals surface area contributed by atoms with Crippen LogP contribution in [0.1, 0.15) is 49.0 Å². The fourth-order valence-electron chi connectivity index (χ4n) is 4.55. The number of nitrogens with one attached hydrogen (secondary N) is 1. The number of para-hydroxylation sites is 2. The summed E-state index contributed by atoms with van der Waals surface area (Å²) in [4.78, 5) is 30.1. The van der Waals surface area contributed by atoms with Gasteiger partial charge in [-0.2, -0.15) is 0 Å². The second kappa shape index (κ2) is 10.6. The number of carbonyl (C=O) groups is 2. The summed E-state index contributed by atoms with van der Waals surface area (Å²) in [6.45, 7) is 5.23. The van der Waals surface area contributed by atoms with E-state index < -0.39 is 5.54 Å². The van der Waals surface area contributed by atoms with Gasteiger partial charge in [-0.25, -0.2) is 0 Å². The molecule has 1 aliphatic rings. The highest BCUT2D eigenvalue weighted by Crippen LogP contribution is 2.41. The Morgan fingerprint density at radius 3 is 2.32 bits per heavy atom. The number of nitrogens with zero attached hydrogens (tertiary/aromatic N) is 1. The van der Waals surface area contributed by atoms with E-state index in [1.807, 2.05) is 78.9 Å². The number of benzene rings is 3. The number of amides is 2. The molecule has 4 rings (SSSR count). The van der Waals surface area contributed by atoms with Gasteiger partial charge in [0.05, 0.1) is 12.2 Å². The van der Waals surface area contributed by atoms with Gasteiger partial charge in [-0.15, -0.1) is 0 Å². The van der Waals surface area contributed by atoms with Crippen LogP contribution in [0.3, 0.4) is 0 Å². The van der Waals surface area contributed by atoms with Gasteiger partial charge in [-0.3, -0.25) is 14.5 Å². The van der Waals surface area contributed by atoms with Gasteiger partial charge in [-0.1, -0.05) is 74.5 Å². The van der Waals surface area contributed by atoms with Crippen molar-refractivity contribution >= 4 is 17.5 Å². The Balaban J connectivity index is 1.93. The molecule has 1 atom stereocenters. The van der Waals surface area contributed by atoms with E-state index in [0.717, 1.165) is 12.0 Å². The van der Waals surface area contributed by atoms with E-state index in [4.69, 9.17) is 4.74 Å². The van der Waals surface area contributed by atoms with Crippen LogP contribution < -0.4 is 15.0 Å². The molecular formula is C29H32N2O3. The number of ether oxygens (including phenoxy) is 1. The highest BCUT2D eigenvalue weighted by molar-refractivity contribution is 6.13. The molecule has 0 spiro atoms.